The molecule has 5 heteroatoms. The third-order valence-electron chi connectivity index (χ3n) is 3.85. The van der Waals surface area contributed by atoms with Crippen LogP contribution in [0.4, 0.5) is 0 Å². The van der Waals surface area contributed by atoms with E-state index < -0.39 is 6.04 Å². The summed E-state index contributed by atoms with van der Waals surface area (Å²) < 4.78 is 0. The van der Waals surface area contributed by atoms with E-state index in [1.165, 1.54) is 11.1 Å². The first-order chi connectivity index (χ1) is 10.2. The van der Waals surface area contributed by atoms with Gasteiger partial charge in [-0.25, -0.2) is 0 Å². The Labute approximate surface area is 132 Å². The summed E-state index contributed by atoms with van der Waals surface area (Å²) in [5.74, 6) is -0.489. The number of hydrogen-bond donors (Lipinski definition) is 3. The van der Waals surface area contributed by atoms with Gasteiger partial charge in [-0.15, -0.1) is 0 Å². The van der Waals surface area contributed by atoms with Crippen LogP contribution in [0, 0.1) is 19.8 Å². The molecular formula is C17H27N3O2. The summed E-state index contributed by atoms with van der Waals surface area (Å²) in [5.41, 5.74) is 9.18. The summed E-state index contributed by atoms with van der Waals surface area (Å²) in [7, 11) is 0. The molecular weight excluding hydrogens is 278 g/mol. The minimum atomic E-state index is -0.593. The number of benzene rings is 1. The Morgan fingerprint density at radius 3 is 2.32 bits per heavy atom. The quantitative estimate of drug-likeness (QED) is 0.746. The predicted molar refractivity (Wildman–Crippen MR) is 88.3 cm³/mol. The van der Waals surface area contributed by atoms with Crippen molar-refractivity contribution in [1.29, 1.82) is 0 Å². The maximum absolute atomic E-state index is 11.9. The third kappa shape index (κ3) is 5.15. The van der Waals surface area contributed by atoms with Gasteiger partial charge in [0.05, 0.1) is 18.6 Å². The summed E-state index contributed by atoms with van der Waals surface area (Å²) in [6, 6.07) is 5.40. The van der Waals surface area contributed by atoms with E-state index in [0.717, 1.165) is 5.56 Å². The van der Waals surface area contributed by atoms with Crippen molar-refractivity contribution in [3.63, 3.8) is 0 Å². The summed E-state index contributed by atoms with van der Waals surface area (Å²) in [4.78, 5) is 23.6. The molecule has 5 nitrogen and oxygen atoms in total. The number of amides is 2. The first-order valence-electron chi connectivity index (χ1n) is 7.62. The molecule has 4 N–H and O–H groups in total. The van der Waals surface area contributed by atoms with Crippen LogP contribution in [0.3, 0.4) is 0 Å². The van der Waals surface area contributed by atoms with Gasteiger partial charge in [-0.05, 0) is 43.4 Å². The van der Waals surface area contributed by atoms with Gasteiger partial charge in [0.2, 0.25) is 11.8 Å². The van der Waals surface area contributed by atoms with Gasteiger partial charge in [0, 0.05) is 0 Å². The van der Waals surface area contributed by atoms with Gasteiger partial charge in [-0.2, -0.15) is 0 Å². The number of rotatable bonds is 6. The molecule has 0 spiro atoms. The van der Waals surface area contributed by atoms with E-state index in [2.05, 4.69) is 23.6 Å². The van der Waals surface area contributed by atoms with Crippen LogP contribution in [-0.4, -0.2) is 24.4 Å². The molecule has 0 bridgehead atoms. The van der Waals surface area contributed by atoms with E-state index >= 15 is 0 Å². The normalized spacial score (nSPS) is 13.6. The predicted octanol–water partition coefficient (Wildman–Crippen LogP) is 1.58. The van der Waals surface area contributed by atoms with Crippen LogP contribution in [0.2, 0.25) is 0 Å². The summed E-state index contributed by atoms with van der Waals surface area (Å²) in [6.07, 6.45) is 0. The number of hydrogen-bond acceptors (Lipinski definition) is 3. The highest BCUT2D eigenvalue weighted by Crippen LogP contribution is 2.16. The Kier molecular flexibility index (Phi) is 6.56. The lowest BCUT2D eigenvalue weighted by Crippen LogP contribution is -2.47. The molecule has 1 aromatic carbocycles. The van der Waals surface area contributed by atoms with Gasteiger partial charge in [-0.3, -0.25) is 9.59 Å². The molecule has 0 fully saturated rings. The van der Waals surface area contributed by atoms with Crippen molar-refractivity contribution in [2.24, 2.45) is 11.7 Å². The van der Waals surface area contributed by atoms with Gasteiger partial charge < -0.3 is 16.4 Å². The summed E-state index contributed by atoms with van der Waals surface area (Å²) in [6.45, 7) is 9.69. The van der Waals surface area contributed by atoms with Crippen molar-refractivity contribution in [2.75, 3.05) is 6.54 Å². The van der Waals surface area contributed by atoms with E-state index in [4.69, 9.17) is 5.73 Å². The standard InChI is InChI=1S/C17H27N3O2/c1-10(2)16(18)17(22)19-9-15(21)20-13(5)14-7-6-11(3)12(4)8-14/h6-8,10,13,16H,9,18H2,1-5H3,(H,19,22)(H,20,21)/t13?,16-/m0/s1. The molecule has 1 unspecified atom stereocenters. The van der Waals surface area contributed by atoms with Crippen LogP contribution in [0.25, 0.3) is 0 Å². The second kappa shape index (κ2) is 7.94. The van der Waals surface area contributed by atoms with Crippen molar-refractivity contribution >= 4 is 11.8 Å². The van der Waals surface area contributed by atoms with Crippen LogP contribution in [-0.2, 0) is 9.59 Å². The van der Waals surface area contributed by atoms with Gasteiger partial charge in [0.25, 0.3) is 0 Å². The fraction of sp³-hybridized carbons (Fsp3) is 0.529. The topological polar surface area (TPSA) is 84.2 Å². The third-order valence-corrected chi connectivity index (χ3v) is 3.85. The molecule has 0 aliphatic heterocycles. The fourth-order valence-electron chi connectivity index (χ4n) is 2.00. The van der Waals surface area contributed by atoms with Crippen molar-refractivity contribution in [3.05, 3.63) is 34.9 Å². The van der Waals surface area contributed by atoms with E-state index in [0.29, 0.717) is 0 Å². The Bertz CT molecular complexity index is 541. The van der Waals surface area contributed by atoms with Crippen molar-refractivity contribution in [1.82, 2.24) is 10.6 Å². The van der Waals surface area contributed by atoms with E-state index in [-0.39, 0.29) is 30.3 Å². The highest BCUT2D eigenvalue weighted by atomic mass is 16.2. The molecule has 0 heterocycles. The molecule has 0 aliphatic carbocycles. The van der Waals surface area contributed by atoms with Crippen LogP contribution in [0.5, 0.6) is 0 Å². The maximum atomic E-state index is 11.9. The lowest BCUT2D eigenvalue weighted by molar-refractivity contribution is -0.127. The summed E-state index contributed by atoms with van der Waals surface area (Å²) >= 11 is 0. The smallest absolute Gasteiger partial charge is 0.239 e. The van der Waals surface area contributed by atoms with Gasteiger partial charge in [0.15, 0.2) is 0 Å². The van der Waals surface area contributed by atoms with Crippen LogP contribution in [0.15, 0.2) is 18.2 Å². The van der Waals surface area contributed by atoms with Gasteiger partial charge in [0.1, 0.15) is 0 Å². The molecule has 1 aromatic rings. The first kappa shape index (κ1) is 18.2. The van der Waals surface area contributed by atoms with Crippen LogP contribution >= 0.6 is 0 Å². The fourth-order valence-corrected chi connectivity index (χ4v) is 2.00. The van der Waals surface area contributed by atoms with E-state index in [1.807, 2.05) is 39.8 Å². The number of nitrogens with one attached hydrogen (secondary N) is 2. The second-order valence-electron chi connectivity index (χ2n) is 6.12. The van der Waals surface area contributed by atoms with Crippen molar-refractivity contribution in [2.45, 2.75) is 46.7 Å². The molecule has 1 rings (SSSR count). The highest BCUT2D eigenvalue weighted by Gasteiger charge is 2.18. The number of aryl methyl sites for hydroxylation is 2. The second-order valence-corrected chi connectivity index (χ2v) is 6.12. The molecule has 122 valence electrons. The molecule has 2 amide bonds. The number of carbonyl (C=O) groups excluding carboxylic acids is 2. The molecule has 0 radical (unpaired) electrons. The average molecular weight is 305 g/mol. The van der Waals surface area contributed by atoms with Gasteiger partial charge >= 0.3 is 0 Å². The minimum Gasteiger partial charge on any atom is -0.348 e. The molecule has 2 atom stereocenters. The lowest BCUT2D eigenvalue weighted by Gasteiger charge is -2.18. The van der Waals surface area contributed by atoms with E-state index in [9.17, 15) is 9.59 Å². The number of carbonyl (C=O) groups is 2. The Morgan fingerprint density at radius 1 is 1.14 bits per heavy atom. The van der Waals surface area contributed by atoms with Crippen LogP contribution < -0.4 is 16.4 Å². The zero-order valence-electron chi connectivity index (χ0n) is 14.1. The molecule has 0 saturated carbocycles. The van der Waals surface area contributed by atoms with Crippen molar-refractivity contribution < 1.29 is 9.59 Å². The molecule has 0 saturated heterocycles. The highest BCUT2D eigenvalue weighted by molar-refractivity contribution is 5.87. The maximum Gasteiger partial charge on any atom is 0.239 e. The minimum absolute atomic E-state index is 0.0394. The van der Waals surface area contributed by atoms with Crippen molar-refractivity contribution in [3.8, 4) is 0 Å². The molecule has 0 aromatic heterocycles. The average Bonchev–Trinajstić information content (AvgIpc) is 2.46. The monoisotopic (exact) mass is 305 g/mol. The lowest BCUT2D eigenvalue weighted by atomic mass is 10.0. The SMILES string of the molecule is Cc1ccc(C(C)NC(=O)CNC(=O)[C@@H](N)C(C)C)cc1C. The molecule has 22 heavy (non-hydrogen) atoms. The number of nitrogens with two attached hydrogens (primary N) is 1. The first-order valence-corrected chi connectivity index (χ1v) is 7.62. The largest absolute Gasteiger partial charge is 0.348 e. The van der Waals surface area contributed by atoms with Crippen LogP contribution in [0.1, 0.15) is 43.5 Å². The zero-order valence-corrected chi connectivity index (χ0v) is 14.1. The Morgan fingerprint density at radius 2 is 1.77 bits per heavy atom. The Balaban J connectivity index is 2.51. The zero-order chi connectivity index (χ0) is 16.9. The van der Waals surface area contributed by atoms with E-state index in [1.54, 1.807) is 0 Å². The summed E-state index contributed by atoms with van der Waals surface area (Å²) in [5, 5.41) is 5.44. The Hall–Kier alpha value is -1.88. The molecule has 0 aliphatic rings. The van der Waals surface area contributed by atoms with Gasteiger partial charge in [-0.1, -0.05) is 32.0 Å².